The van der Waals surface area contributed by atoms with E-state index in [0.717, 1.165) is 0 Å². The maximum absolute atomic E-state index is 13.0. The van der Waals surface area contributed by atoms with Crippen molar-refractivity contribution in [2.45, 2.75) is 48.5 Å². The maximum Gasteiger partial charge on any atom is 0.360 e. The Labute approximate surface area is 145 Å². The summed E-state index contributed by atoms with van der Waals surface area (Å²) in [4.78, 5) is 0. The quantitative estimate of drug-likeness (QED) is 0.322. The molecule has 0 rings (SSSR count). The van der Waals surface area contributed by atoms with E-state index in [9.17, 15) is 56.7 Å². The lowest BCUT2D eigenvalue weighted by molar-refractivity contribution is -0.264. The molecule has 0 spiro atoms. The van der Waals surface area contributed by atoms with Gasteiger partial charge in [0.2, 0.25) is 6.17 Å². The largest absolute Gasteiger partial charge is 0.360 e. The van der Waals surface area contributed by atoms with Gasteiger partial charge in [0.05, 0.1) is 0 Å². The lowest BCUT2D eigenvalue weighted by atomic mass is 9.98. The molecule has 0 saturated carbocycles. The van der Waals surface area contributed by atoms with E-state index >= 15 is 0 Å². The van der Waals surface area contributed by atoms with Crippen LogP contribution < -0.4 is 5.73 Å². The molecule has 27 heavy (non-hydrogen) atoms. The summed E-state index contributed by atoms with van der Waals surface area (Å²) >= 11 is 0. The fourth-order valence-electron chi connectivity index (χ4n) is 1.20. The van der Waals surface area contributed by atoms with Gasteiger partial charge in [0.1, 0.15) is 0 Å². The van der Waals surface area contributed by atoms with Crippen LogP contribution in [0.5, 0.6) is 0 Å². The molecular formula is C11H14F11NO3S. The number of nitrogens with two attached hydrogens (primary N) is 1. The van der Waals surface area contributed by atoms with E-state index in [1.54, 1.807) is 6.08 Å². The van der Waals surface area contributed by atoms with Crippen LogP contribution in [-0.4, -0.2) is 68.0 Å². The Morgan fingerprint density at radius 2 is 1.26 bits per heavy atom. The number of hydrogen-bond acceptors (Lipinski definition) is 3. The van der Waals surface area contributed by atoms with Gasteiger partial charge in [-0.3, -0.25) is 4.55 Å². The highest BCUT2D eigenvalue weighted by Gasteiger charge is 2.72. The van der Waals surface area contributed by atoms with Crippen molar-refractivity contribution in [1.29, 1.82) is 0 Å². The highest BCUT2D eigenvalue weighted by atomic mass is 32.2. The van der Waals surface area contributed by atoms with Gasteiger partial charge in [-0.05, 0) is 0 Å². The van der Waals surface area contributed by atoms with Crippen molar-refractivity contribution in [3.63, 3.8) is 0 Å². The van der Waals surface area contributed by atoms with E-state index in [0.29, 0.717) is 6.54 Å². The molecule has 0 bridgehead atoms. The predicted molar refractivity (Wildman–Crippen MR) is 71.2 cm³/mol. The zero-order valence-electron chi connectivity index (χ0n) is 12.9. The smallest absolute Gasteiger partial charge is 0.327 e. The molecule has 0 amide bonds. The Bertz CT molecular complexity index is 560. The van der Waals surface area contributed by atoms with E-state index in [-0.39, 0.29) is 0 Å². The lowest BCUT2D eigenvalue weighted by Gasteiger charge is -2.32. The first kappa shape index (κ1) is 28.1. The average Bonchev–Trinajstić information content (AvgIpc) is 2.57. The number of hydrogen-bond donors (Lipinski definition) is 2. The summed E-state index contributed by atoms with van der Waals surface area (Å²) in [7, 11) is -6.53. The van der Waals surface area contributed by atoms with Crippen molar-refractivity contribution < 1.29 is 61.3 Å². The second kappa shape index (κ2) is 10.4. The van der Waals surface area contributed by atoms with Crippen molar-refractivity contribution >= 4 is 10.1 Å². The molecule has 4 nitrogen and oxygen atoms in total. The lowest BCUT2D eigenvalue weighted by Crippen LogP contribution is -2.59. The minimum atomic E-state index is -6.63. The predicted octanol–water partition coefficient (Wildman–Crippen LogP) is 3.19. The van der Waals surface area contributed by atoms with Crippen molar-refractivity contribution in [3.8, 4) is 0 Å². The highest BCUT2D eigenvalue weighted by molar-refractivity contribution is 7.86. The normalized spacial score (nSPS) is 18.7. The van der Waals surface area contributed by atoms with Crippen LogP contribution in [0, 0.1) is 0 Å². The number of alkyl halides is 11. The van der Waals surface area contributed by atoms with Gasteiger partial charge >= 0.3 is 22.0 Å². The van der Waals surface area contributed by atoms with E-state index in [1.807, 2.05) is 0 Å². The summed E-state index contributed by atoms with van der Waals surface area (Å²) in [5, 5.41) is 0. The molecule has 164 valence electrons. The molecule has 3 N–H and O–H groups in total. The van der Waals surface area contributed by atoms with Gasteiger partial charge in [0.15, 0.2) is 18.5 Å². The molecule has 0 aliphatic rings. The minimum Gasteiger partial charge on any atom is -0.327 e. The van der Waals surface area contributed by atoms with E-state index in [1.165, 1.54) is 0 Å². The van der Waals surface area contributed by atoms with Crippen LogP contribution in [0.4, 0.5) is 48.3 Å². The Kier molecular flexibility index (Phi) is 10.8. The Morgan fingerprint density at radius 3 is 1.52 bits per heavy atom. The van der Waals surface area contributed by atoms with Gasteiger partial charge in [-0.2, -0.15) is 26.0 Å². The van der Waals surface area contributed by atoms with Gasteiger partial charge in [-0.1, -0.05) is 6.08 Å². The molecule has 0 aliphatic heterocycles. The molecule has 0 heterocycles. The standard InChI is InChI=1S/C8H7F11O3S.C3H7N/c9-1(3(11)5(13)14)2(10)4(12)7(16,17)8(18,19)6(15)23(20,21)22;1-2-3-4/h1-6H,(H,20,21,22);2H,1,3-4H2. The van der Waals surface area contributed by atoms with Crippen LogP contribution in [0.3, 0.4) is 0 Å². The molecule has 5 atom stereocenters. The monoisotopic (exact) mass is 449 g/mol. The summed E-state index contributed by atoms with van der Waals surface area (Å²) in [6.07, 6.45) is -20.9. The maximum atomic E-state index is 13.0. The molecule has 0 fully saturated rings. The minimum absolute atomic E-state index is 0.583. The van der Waals surface area contributed by atoms with Crippen molar-refractivity contribution in [3.05, 3.63) is 12.7 Å². The van der Waals surface area contributed by atoms with Crippen LogP contribution in [-0.2, 0) is 10.1 Å². The summed E-state index contributed by atoms with van der Waals surface area (Å²) in [6.45, 7) is 3.94. The first-order valence-electron chi connectivity index (χ1n) is 6.42. The van der Waals surface area contributed by atoms with E-state index < -0.39 is 58.6 Å². The summed E-state index contributed by atoms with van der Waals surface area (Å²) in [5.74, 6) is -13.3. The number of halogens is 11. The average molecular weight is 449 g/mol. The zero-order chi connectivity index (χ0) is 22.4. The fraction of sp³-hybridized carbons (Fsp3) is 0.818. The fourth-order valence-corrected chi connectivity index (χ4v) is 1.73. The number of rotatable bonds is 9. The van der Waals surface area contributed by atoms with Crippen LogP contribution in [0.2, 0.25) is 0 Å². The van der Waals surface area contributed by atoms with Gasteiger partial charge in [-0.15, -0.1) is 6.58 Å². The van der Waals surface area contributed by atoms with Crippen LogP contribution in [0.15, 0.2) is 12.7 Å². The van der Waals surface area contributed by atoms with Crippen molar-refractivity contribution in [1.82, 2.24) is 0 Å². The Balaban J connectivity index is 0. The topological polar surface area (TPSA) is 80.4 Å². The molecule has 0 aromatic carbocycles. The first-order valence-corrected chi connectivity index (χ1v) is 7.92. The van der Waals surface area contributed by atoms with Crippen LogP contribution in [0.25, 0.3) is 0 Å². The molecule has 5 unspecified atom stereocenters. The third-order valence-corrected chi connectivity index (χ3v) is 3.45. The Hall–Kier alpha value is -1.16. The SMILES string of the molecule is C=CCN.O=S(=O)(O)C(F)C(F)(F)C(F)(F)C(F)C(F)C(F)C(F)C(F)F. The second-order valence-corrected chi connectivity index (χ2v) is 6.11. The Morgan fingerprint density at radius 1 is 0.889 bits per heavy atom. The third-order valence-electron chi connectivity index (χ3n) is 2.63. The molecule has 0 saturated heterocycles. The zero-order valence-corrected chi connectivity index (χ0v) is 13.7. The summed E-state index contributed by atoms with van der Waals surface area (Å²) < 4.78 is 167. The van der Waals surface area contributed by atoms with Crippen LogP contribution >= 0.6 is 0 Å². The molecule has 0 aromatic rings. The molecule has 0 radical (unpaired) electrons. The van der Waals surface area contributed by atoms with Gasteiger partial charge in [-0.25, -0.2) is 30.7 Å². The van der Waals surface area contributed by atoms with Gasteiger partial charge in [0, 0.05) is 6.54 Å². The van der Waals surface area contributed by atoms with E-state index in [2.05, 4.69) is 6.58 Å². The third kappa shape index (κ3) is 7.06. The molecule has 0 aliphatic carbocycles. The highest BCUT2D eigenvalue weighted by Crippen LogP contribution is 2.45. The van der Waals surface area contributed by atoms with Gasteiger partial charge < -0.3 is 5.73 Å². The van der Waals surface area contributed by atoms with Crippen molar-refractivity contribution in [2.24, 2.45) is 5.73 Å². The van der Waals surface area contributed by atoms with Crippen molar-refractivity contribution in [2.75, 3.05) is 6.54 Å². The summed E-state index contributed by atoms with van der Waals surface area (Å²) in [6, 6.07) is 0. The van der Waals surface area contributed by atoms with E-state index in [4.69, 9.17) is 10.3 Å². The second-order valence-electron chi connectivity index (χ2n) is 4.67. The summed E-state index contributed by atoms with van der Waals surface area (Å²) in [5.41, 5.74) is -0.239. The molecule has 0 aromatic heterocycles. The van der Waals surface area contributed by atoms with Crippen LogP contribution in [0.1, 0.15) is 0 Å². The first-order chi connectivity index (χ1) is 11.9. The molecule has 16 heteroatoms. The van der Waals surface area contributed by atoms with Gasteiger partial charge in [0.25, 0.3) is 11.9 Å². The molecular weight excluding hydrogens is 435 g/mol.